The van der Waals surface area contributed by atoms with Gasteiger partial charge in [0.05, 0.1) is 11.1 Å². The van der Waals surface area contributed by atoms with Crippen molar-refractivity contribution < 1.29 is 14.3 Å². The lowest BCUT2D eigenvalue weighted by Crippen LogP contribution is -2.34. The Hall–Kier alpha value is -2.45. The molecule has 154 valence electrons. The summed E-state index contributed by atoms with van der Waals surface area (Å²) in [6.45, 7) is 6.33. The lowest BCUT2D eigenvalue weighted by atomic mass is 10.1. The lowest BCUT2D eigenvalue weighted by molar-refractivity contribution is -0.114. The van der Waals surface area contributed by atoms with E-state index in [1.807, 2.05) is 0 Å². The zero-order chi connectivity index (χ0) is 21.4. The van der Waals surface area contributed by atoms with E-state index >= 15 is 0 Å². The first-order chi connectivity index (χ1) is 13.7. The van der Waals surface area contributed by atoms with Gasteiger partial charge in [0.2, 0.25) is 5.91 Å². The Kier molecular flexibility index (Phi) is 8.60. The summed E-state index contributed by atoms with van der Waals surface area (Å²) in [4.78, 5) is 23.6. The fourth-order valence-electron chi connectivity index (χ4n) is 2.38. The van der Waals surface area contributed by atoms with Crippen LogP contribution in [0.15, 0.2) is 46.9 Å². The highest BCUT2D eigenvalue weighted by Crippen LogP contribution is 2.26. The van der Waals surface area contributed by atoms with Crippen LogP contribution in [0.4, 0.5) is 11.4 Å². The van der Waals surface area contributed by atoms with Gasteiger partial charge in [-0.1, -0.05) is 19.9 Å². The van der Waals surface area contributed by atoms with Crippen LogP contribution in [0.5, 0.6) is 5.75 Å². The minimum Gasteiger partial charge on any atom is -0.492 e. The number of anilines is 2. The van der Waals surface area contributed by atoms with Crippen LogP contribution < -0.4 is 20.7 Å². The number of nitrogens with one attached hydrogen (secondary N) is 3. The third-order valence-corrected chi connectivity index (χ3v) is 4.64. The molecule has 0 heterocycles. The zero-order valence-electron chi connectivity index (χ0n) is 16.5. The molecule has 0 radical (unpaired) electrons. The van der Waals surface area contributed by atoms with Crippen molar-refractivity contribution in [2.75, 3.05) is 17.2 Å². The van der Waals surface area contributed by atoms with Gasteiger partial charge in [0.25, 0.3) is 5.91 Å². The Morgan fingerprint density at radius 3 is 2.41 bits per heavy atom. The molecule has 2 amide bonds. The average molecular weight is 478 g/mol. The number of hydrogen-bond acceptors (Lipinski definition) is 4. The second kappa shape index (κ2) is 10.9. The maximum absolute atomic E-state index is 12.5. The third kappa shape index (κ3) is 7.83. The monoisotopic (exact) mass is 477 g/mol. The topological polar surface area (TPSA) is 79.5 Å². The van der Waals surface area contributed by atoms with Gasteiger partial charge in [-0.05, 0) is 76.9 Å². The average Bonchev–Trinajstić information content (AvgIpc) is 2.62. The predicted octanol–water partition coefficient (Wildman–Crippen LogP) is 4.96. The SMILES string of the molecule is CC(=O)Nc1cccc(NC(=S)NC(=O)c2ccc(OCCC(C)C)c(Br)c2)c1. The largest absolute Gasteiger partial charge is 0.492 e. The van der Waals surface area contributed by atoms with Crippen LogP contribution >= 0.6 is 28.1 Å². The van der Waals surface area contributed by atoms with Crippen LogP contribution in [0.2, 0.25) is 0 Å². The number of carbonyl (C=O) groups excluding carboxylic acids is 2. The molecule has 0 atom stereocenters. The number of carbonyl (C=O) groups is 2. The highest BCUT2D eigenvalue weighted by Gasteiger charge is 2.11. The summed E-state index contributed by atoms with van der Waals surface area (Å²) >= 11 is 8.66. The Labute approximate surface area is 184 Å². The molecular weight excluding hydrogens is 454 g/mol. The molecule has 0 aliphatic heterocycles. The van der Waals surface area contributed by atoms with Crippen molar-refractivity contribution >= 4 is 56.4 Å². The summed E-state index contributed by atoms with van der Waals surface area (Å²) in [6, 6.07) is 12.2. The number of halogens is 1. The van der Waals surface area contributed by atoms with Gasteiger partial charge in [0.15, 0.2) is 5.11 Å². The number of amides is 2. The normalized spacial score (nSPS) is 10.4. The second-order valence-electron chi connectivity index (χ2n) is 6.85. The van der Waals surface area contributed by atoms with Crippen molar-refractivity contribution in [3.8, 4) is 5.75 Å². The zero-order valence-corrected chi connectivity index (χ0v) is 18.9. The van der Waals surface area contributed by atoms with Gasteiger partial charge in [-0.25, -0.2) is 0 Å². The van der Waals surface area contributed by atoms with Crippen molar-refractivity contribution in [2.45, 2.75) is 27.2 Å². The van der Waals surface area contributed by atoms with Crippen LogP contribution in [0.3, 0.4) is 0 Å². The minimum absolute atomic E-state index is 0.156. The Morgan fingerprint density at radius 2 is 1.79 bits per heavy atom. The summed E-state index contributed by atoms with van der Waals surface area (Å²) in [5, 5.41) is 8.42. The summed E-state index contributed by atoms with van der Waals surface area (Å²) in [6.07, 6.45) is 0.956. The summed E-state index contributed by atoms with van der Waals surface area (Å²) < 4.78 is 6.44. The molecule has 0 spiro atoms. The fourth-order valence-corrected chi connectivity index (χ4v) is 3.08. The Bertz CT molecular complexity index is 902. The van der Waals surface area contributed by atoms with Crippen molar-refractivity contribution in [1.29, 1.82) is 0 Å². The molecular formula is C21H24BrN3O3S. The van der Waals surface area contributed by atoms with E-state index in [2.05, 4.69) is 45.7 Å². The molecule has 29 heavy (non-hydrogen) atoms. The van der Waals surface area contributed by atoms with E-state index < -0.39 is 0 Å². The third-order valence-electron chi connectivity index (χ3n) is 3.81. The summed E-state index contributed by atoms with van der Waals surface area (Å²) in [5.74, 6) is 0.749. The van der Waals surface area contributed by atoms with Crippen molar-refractivity contribution in [3.05, 3.63) is 52.5 Å². The smallest absolute Gasteiger partial charge is 0.257 e. The number of rotatable bonds is 7. The first-order valence-corrected chi connectivity index (χ1v) is 10.4. The lowest BCUT2D eigenvalue weighted by Gasteiger charge is -2.13. The molecule has 2 rings (SSSR count). The Balaban J connectivity index is 1.94. The van der Waals surface area contributed by atoms with E-state index in [1.165, 1.54) is 6.92 Å². The van der Waals surface area contributed by atoms with Crippen molar-refractivity contribution in [3.63, 3.8) is 0 Å². The van der Waals surface area contributed by atoms with Gasteiger partial charge >= 0.3 is 0 Å². The van der Waals surface area contributed by atoms with Crippen LogP contribution in [-0.4, -0.2) is 23.5 Å². The standard InChI is InChI=1S/C21H24BrN3O3S/c1-13(2)9-10-28-19-8-7-15(11-18(19)22)20(27)25-21(29)24-17-6-4-5-16(12-17)23-14(3)26/h4-8,11-13H,9-10H2,1-3H3,(H,23,26)(H2,24,25,27,29). The number of hydrogen-bond donors (Lipinski definition) is 3. The quantitative estimate of drug-likeness (QED) is 0.491. The molecule has 8 heteroatoms. The van der Waals surface area contributed by atoms with E-state index in [0.29, 0.717) is 39.7 Å². The first kappa shape index (κ1) is 22.8. The van der Waals surface area contributed by atoms with Crippen LogP contribution in [-0.2, 0) is 4.79 Å². The second-order valence-corrected chi connectivity index (χ2v) is 8.11. The number of ether oxygens (including phenoxy) is 1. The number of thiocarbonyl (C=S) groups is 1. The van der Waals surface area contributed by atoms with Gasteiger partial charge in [-0.15, -0.1) is 0 Å². The summed E-state index contributed by atoms with van der Waals surface area (Å²) in [7, 11) is 0. The predicted molar refractivity (Wildman–Crippen MR) is 124 cm³/mol. The maximum Gasteiger partial charge on any atom is 0.257 e. The van der Waals surface area contributed by atoms with E-state index in [0.717, 1.165) is 6.42 Å². The van der Waals surface area contributed by atoms with Crippen LogP contribution in [0.1, 0.15) is 37.6 Å². The van der Waals surface area contributed by atoms with Gasteiger partial charge in [0.1, 0.15) is 5.75 Å². The van der Waals surface area contributed by atoms with Crippen LogP contribution in [0.25, 0.3) is 0 Å². The molecule has 0 fully saturated rings. The fraction of sp³-hybridized carbons (Fsp3) is 0.286. The van der Waals surface area contributed by atoms with Gasteiger partial charge in [0, 0.05) is 23.9 Å². The van der Waals surface area contributed by atoms with E-state index in [1.54, 1.807) is 42.5 Å². The molecule has 2 aromatic carbocycles. The number of benzene rings is 2. The van der Waals surface area contributed by atoms with E-state index in [9.17, 15) is 9.59 Å². The molecule has 0 unspecified atom stereocenters. The van der Waals surface area contributed by atoms with Crippen LogP contribution in [0, 0.1) is 5.92 Å². The maximum atomic E-state index is 12.5. The van der Waals surface area contributed by atoms with Crippen molar-refractivity contribution in [2.24, 2.45) is 5.92 Å². The molecule has 0 saturated carbocycles. The molecule has 0 bridgehead atoms. The molecule has 2 aromatic rings. The Morgan fingerprint density at radius 1 is 1.10 bits per heavy atom. The molecule has 0 aliphatic carbocycles. The van der Waals surface area contributed by atoms with E-state index in [4.69, 9.17) is 17.0 Å². The molecule has 0 aromatic heterocycles. The van der Waals surface area contributed by atoms with Gasteiger partial charge in [-0.2, -0.15) is 0 Å². The first-order valence-electron chi connectivity index (χ1n) is 9.17. The highest BCUT2D eigenvalue weighted by molar-refractivity contribution is 9.10. The molecule has 6 nitrogen and oxygen atoms in total. The van der Waals surface area contributed by atoms with Crippen molar-refractivity contribution in [1.82, 2.24) is 5.32 Å². The molecule has 0 saturated heterocycles. The minimum atomic E-state index is -0.338. The molecule has 3 N–H and O–H groups in total. The van der Waals surface area contributed by atoms with E-state index in [-0.39, 0.29) is 16.9 Å². The molecule has 0 aliphatic rings. The summed E-state index contributed by atoms with van der Waals surface area (Å²) in [5.41, 5.74) is 1.73. The van der Waals surface area contributed by atoms with Gasteiger partial charge < -0.3 is 15.4 Å². The van der Waals surface area contributed by atoms with Gasteiger partial charge in [-0.3, -0.25) is 14.9 Å². The highest BCUT2D eigenvalue weighted by atomic mass is 79.9.